The van der Waals surface area contributed by atoms with E-state index in [0.717, 1.165) is 0 Å². The molecule has 0 saturated heterocycles. The number of carbonyl (C=O) groups is 1. The van der Waals surface area contributed by atoms with Crippen molar-refractivity contribution in [2.24, 2.45) is 0 Å². The van der Waals surface area contributed by atoms with Gasteiger partial charge in [-0.15, -0.1) is 6.42 Å². The van der Waals surface area contributed by atoms with Crippen molar-refractivity contribution in [1.29, 1.82) is 0 Å². The second kappa shape index (κ2) is 5.32. The molecule has 0 radical (unpaired) electrons. The first-order valence-corrected chi connectivity index (χ1v) is 7.13. The van der Waals surface area contributed by atoms with Gasteiger partial charge < -0.3 is 9.80 Å². The molecule has 6 heteroatoms. The highest BCUT2D eigenvalue weighted by atomic mass is 35.5. The molecular weight excluding hydrogens is 300 g/mol. The predicted molar refractivity (Wildman–Crippen MR) is 86.8 cm³/mol. The lowest BCUT2D eigenvalue weighted by Crippen LogP contribution is -2.25. The Morgan fingerprint density at radius 2 is 2.14 bits per heavy atom. The summed E-state index contributed by atoms with van der Waals surface area (Å²) in [5.74, 6) is 3.46. The first-order valence-electron chi connectivity index (χ1n) is 6.75. The summed E-state index contributed by atoms with van der Waals surface area (Å²) in [6.07, 6.45) is 6.99. The van der Waals surface area contributed by atoms with Crippen molar-refractivity contribution in [2.45, 2.75) is 6.92 Å². The van der Waals surface area contributed by atoms with Crippen LogP contribution < -0.4 is 9.80 Å². The molecule has 110 valence electrons. The number of hydrogen-bond donors (Lipinski definition) is 0. The van der Waals surface area contributed by atoms with Gasteiger partial charge in [-0.2, -0.15) is 0 Å². The molecular formula is C16H13ClN4O. The first-order chi connectivity index (χ1) is 10.6. The lowest BCUT2D eigenvalue weighted by atomic mass is 10.1. The normalized spacial score (nSPS) is 13.3. The molecule has 3 rings (SSSR count). The average Bonchev–Trinajstić information content (AvgIpc) is 2.62. The summed E-state index contributed by atoms with van der Waals surface area (Å²) >= 11 is 6.02. The van der Waals surface area contributed by atoms with Crippen LogP contribution in [0.2, 0.25) is 5.15 Å². The minimum atomic E-state index is -0.180. The van der Waals surface area contributed by atoms with Crippen LogP contribution in [0, 0.1) is 12.3 Å². The molecule has 3 heterocycles. The van der Waals surface area contributed by atoms with E-state index in [1.54, 1.807) is 31.4 Å². The quantitative estimate of drug-likeness (QED) is 0.600. The molecule has 0 bridgehead atoms. The molecule has 1 amide bonds. The van der Waals surface area contributed by atoms with Crippen LogP contribution in [0.15, 0.2) is 24.4 Å². The van der Waals surface area contributed by atoms with Gasteiger partial charge in [-0.3, -0.25) is 4.79 Å². The fourth-order valence-corrected chi connectivity index (χ4v) is 2.62. The van der Waals surface area contributed by atoms with Crippen LogP contribution in [0.25, 0.3) is 0 Å². The Labute approximate surface area is 133 Å². The van der Waals surface area contributed by atoms with Gasteiger partial charge in [-0.05, 0) is 25.1 Å². The van der Waals surface area contributed by atoms with Crippen LogP contribution in [0.1, 0.15) is 22.8 Å². The van der Waals surface area contributed by atoms with Crippen molar-refractivity contribution in [3.8, 4) is 12.3 Å². The van der Waals surface area contributed by atoms with E-state index in [2.05, 4.69) is 15.9 Å². The first kappa shape index (κ1) is 14.4. The molecule has 0 aromatic carbocycles. The summed E-state index contributed by atoms with van der Waals surface area (Å²) in [4.78, 5) is 24.9. The van der Waals surface area contributed by atoms with Crippen LogP contribution in [-0.2, 0) is 0 Å². The highest BCUT2D eigenvalue weighted by molar-refractivity contribution is 6.29. The van der Waals surface area contributed by atoms with E-state index in [1.807, 2.05) is 11.8 Å². The second-order valence-electron chi connectivity index (χ2n) is 4.82. The maximum atomic E-state index is 12.7. The molecule has 0 spiro atoms. The van der Waals surface area contributed by atoms with E-state index in [-0.39, 0.29) is 5.91 Å². The Morgan fingerprint density at radius 1 is 1.36 bits per heavy atom. The van der Waals surface area contributed by atoms with Crippen molar-refractivity contribution in [3.63, 3.8) is 0 Å². The molecule has 0 saturated carbocycles. The molecule has 0 aliphatic carbocycles. The van der Waals surface area contributed by atoms with Gasteiger partial charge in [0.05, 0.1) is 11.3 Å². The standard InChI is InChI=1S/C16H13ClN4O/c1-4-10-8-11-14(18-9-10)21(5-2)15-12(20(3)16(11)22)6-7-13(17)19-15/h1,6-9H,5H2,2-3H3. The van der Waals surface area contributed by atoms with Crippen LogP contribution in [-0.4, -0.2) is 29.5 Å². The number of rotatable bonds is 1. The third kappa shape index (κ3) is 2.09. The molecule has 0 fully saturated rings. The van der Waals surface area contributed by atoms with Gasteiger partial charge in [0.15, 0.2) is 5.82 Å². The van der Waals surface area contributed by atoms with Crippen molar-refractivity contribution in [3.05, 3.63) is 40.7 Å². The van der Waals surface area contributed by atoms with Gasteiger partial charge in [0, 0.05) is 25.4 Å². The summed E-state index contributed by atoms with van der Waals surface area (Å²) in [5.41, 5.74) is 1.69. The summed E-state index contributed by atoms with van der Waals surface area (Å²) in [7, 11) is 1.70. The largest absolute Gasteiger partial charge is 0.309 e. The monoisotopic (exact) mass is 312 g/mol. The molecule has 2 aromatic rings. The number of aromatic nitrogens is 2. The van der Waals surface area contributed by atoms with Crippen LogP contribution in [0.5, 0.6) is 0 Å². The number of carbonyl (C=O) groups excluding carboxylic acids is 1. The highest BCUT2D eigenvalue weighted by Gasteiger charge is 2.30. The SMILES string of the molecule is C#Cc1cnc2c(c1)C(=O)N(C)c1ccc(Cl)nc1N2CC. The zero-order chi connectivity index (χ0) is 15.9. The lowest BCUT2D eigenvalue weighted by molar-refractivity contribution is 0.0994. The molecule has 22 heavy (non-hydrogen) atoms. The Morgan fingerprint density at radius 3 is 2.82 bits per heavy atom. The van der Waals surface area contributed by atoms with Crippen molar-refractivity contribution < 1.29 is 4.79 Å². The minimum absolute atomic E-state index is 0.180. The third-order valence-corrected chi connectivity index (χ3v) is 3.79. The number of terminal acetylenes is 1. The molecule has 1 aliphatic rings. The highest BCUT2D eigenvalue weighted by Crippen LogP contribution is 2.38. The van der Waals surface area contributed by atoms with E-state index in [1.165, 1.54) is 4.90 Å². The van der Waals surface area contributed by atoms with E-state index in [9.17, 15) is 4.79 Å². The van der Waals surface area contributed by atoms with E-state index in [4.69, 9.17) is 18.0 Å². The maximum Gasteiger partial charge on any atom is 0.261 e. The molecule has 2 aromatic heterocycles. The van der Waals surface area contributed by atoms with Crippen molar-refractivity contribution >= 4 is 34.8 Å². The Kier molecular flexibility index (Phi) is 3.47. The van der Waals surface area contributed by atoms with Gasteiger partial charge in [0.25, 0.3) is 5.91 Å². The Balaban J connectivity index is 2.32. The number of halogens is 1. The number of fused-ring (bicyclic) bond motifs is 2. The maximum absolute atomic E-state index is 12.7. The minimum Gasteiger partial charge on any atom is -0.309 e. The summed E-state index contributed by atoms with van der Waals surface area (Å²) in [5, 5.41) is 0.363. The van der Waals surface area contributed by atoms with Gasteiger partial charge in [-0.1, -0.05) is 17.5 Å². The van der Waals surface area contributed by atoms with Gasteiger partial charge in [0.2, 0.25) is 0 Å². The molecule has 5 nitrogen and oxygen atoms in total. The van der Waals surface area contributed by atoms with Gasteiger partial charge >= 0.3 is 0 Å². The zero-order valence-electron chi connectivity index (χ0n) is 12.2. The van der Waals surface area contributed by atoms with Crippen LogP contribution in [0.3, 0.4) is 0 Å². The van der Waals surface area contributed by atoms with Gasteiger partial charge in [0.1, 0.15) is 11.0 Å². The van der Waals surface area contributed by atoms with E-state index < -0.39 is 0 Å². The fourth-order valence-electron chi connectivity index (χ4n) is 2.48. The fraction of sp³-hybridized carbons (Fsp3) is 0.188. The number of nitrogens with zero attached hydrogens (tertiary/aromatic N) is 4. The molecule has 0 N–H and O–H groups in total. The molecule has 0 atom stereocenters. The lowest BCUT2D eigenvalue weighted by Gasteiger charge is -2.22. The predicted octanol–water partition coefficient (Wildman–Crippen LogP) is 2.86. The van der Waals surface area contributed by atoms with Crippen LogP contribution >= 0.6 is 11.6 Å². The summed E-state index contributed by atoms with van der Waals surface area (Å²) in [6, 6.07) is 5.12. The topological polar surface area (TPSA) is 49.3 Å². The van der Waals surface area contributed by atoms with E-state index in [0.29, 0.717) is 40.1 Å². The molecule has 0 unspecified atom stereocenters. The van der Waals surface area contributed by atoms with Crippen molar-refractivity contribution in [1.82, 2.24) is 9.97 Å². The third-order valence-electron chi connectivity index (χ3n) is 3.58. The smallest absolute Gasteiger partial charge is 0.261 e. The second-order valence-corrected chi connectivity index (χ2v) is 5.21. The Hall–Kier alpha value is -2.58. The number of pyridine rings is 2. The molecule has 1 aliphatic heterocycles. The zero-order valence-corrected chi connectivity index (χ0v) is 12.9. The number of hydrogen-bond acceptors (Lipinski definition) is 4. The number of anilines is 3. The van der Waals surface area contributed by atoms with Crippen LogP contribution in [0.4, 0.5) is 17.3 Å². The van der Waals surface area contributed by atoms with Crippen molar-refractivity contribution in [2.75, 3.05) is 23.4 Å². The van der Waals surface area contributed by atoms with E-state index >= 15 is 0 Å². The summed E-state index contributed by atoms with van der Waals surface area (Å²) < 4.78 is 0. The summed E-state index contributed by atoms with van der Waals surface area (Å²) in [6.45, 7) is 2.56. The number of amides is 1. The Bertz CT molecular complexity index is 812. The average molecular weight is 313 g/mol. The van der Waals surface area contributed by atoms with Gasteiger partial charge in [-0.25, -0.2) is 9.97 Å².